The summed E-state index contributed by atoms with van der Waals surface area (Å²) >= 11 is 0. The number of benzene rings is 3. The topological polar surface area (TPSA) is 84.9 Å². The Kier molecular flexibility index (Phi) is 5.01. The molecular formula is C24H22N2O5S. The highest BCUT2D eigenvalue weighted by Gasteiger charge is 2.29. The SMILES string of the molecule is Cc1ccc(S(=O)(=O)N2CCCc3cc(NC(=O)c4ccc5c(c4)OCO5)ccc32)cc1. The molecule has 3 aromatic rings. The van der Waals surface area contributed by atoms with Crippen molar-refractivity contribution >= 4 is 27.3 Å². The molecule has 0 saturated carbocycles. The molecule has 0 fully saturated rings. The van der Waals surface area contributed by atoms with Crippen molar-refractivity contribution in [1.82, 2.24) is 0 Å². The van der Waals surface area contributed by atoms with Gasteiger partial charge in [0.1, 0.15) is 0 Å². The molecule has 5 rings (SSSR count). The van der Waals surface area contributed by atoms with Gasteiger partial charge in [0.15, 0.2) is 11.5 Å². The number of carbonyl (C=O) groups excluding carboxylic acids is 1. The van der Waals surface area contributed by atoms with Gasteiger partial charge in [-0.1, -0.05) is 17.7 Å². The third-order valence-corrected chi connectivity index (χ3v) is 7.48. The van der Waals surface area contributed by atoms with Gasteiger partial charge >= 0.3 is 0 Å². The number of hydrogen-bond donors (Lipinski definition) is 1. The number of hydrogen-bond acceptors (Lipinski definition) is 5. The van der Waals surface area contributed by atoms with Crippen molar-refractivity contribution in [2.24, 2.45) is 0 Å². The summed E-state index contributed by atoms with van der Waals surface area (Å²) in [5.41, 5.74) is 3.61. The molecule has 0 aliphatic carbocycles. The van der Waals surface area contributed by atoms with Crippen LogP contribution in [0.3, 0.4) is 0 Å². The van der Waals surface area contributed by atoms with Gasteiger partial charge in [-0.3, -0.25) is 9.10 Å². The summed E-state index contributed by atoms with van der Waals surface area (Å²) in [7, 11) is -3.66. The van der Waals surface area contributed by atoms with Crippen LogP contribution >= 0.6 is 0 Å². The van der Waals surface area contributed by atoms with Crippen molar-refractivity contribution in [2.75, 3.05) is 23.0 Å². The van der Waals surface area contributed by atoms with Gasteiger partial charge in [-0.2, -0.15) is 0 Å². The zero-order valence-electron chi connectivity index (χ0n) is 17.5. The van der Waals surface area contributed by atoms with Crippen LogP contribution in [0.25, 0.3) is 0 Å². The van der Waals surface area contributed by atoms with E-state index in [9.17, 15) is 13.2 Å². The largest absolute Gasteiger partial charge is 0.454 e. The van der Waals surface area contributed by atoms with E-state index in [0.29, 0.717) is 41.4 Å². The third kappa shape index (κ3) is 3.67. The Morgan fingerprint density at radius 2 is 1.75 bits per heavy atom. The van der Waals surface area contributed by atoms with Crippen molar-refractivity contribution < 1.29 is 22.7 Å². The zero-order chi connectivity index (χ0) is 22.3. The van der Waals surface area contributed by atoms with Gasteiger partial charge in [0.2, 0.25) is 6.79 Å². The number of nitrogens with one attached hydrogen (secondary N) is 1. The third-order valence-electron chi connectivity index (χ3n) is 5.66. The molecule has 0 spiro atoms. The smallest absolute Gasteiger partial charge is 0.264 e. The number of sulfonamides is 1. The summed E-state index contributed by atoms with van der Waals surface area (Å²) in [6, 6.07) is 17.2. The number of aryl methyl sites for hydroxylation is 2. The monoisotopic (exact) mass is 450 g/mol. The lowest BCUT2D eigenvalue weighted by Crippen LogP contribution is -2.35. The summed E-state index contributed by atoms with van der Waals surface area (Å²) in [6.07, 6.45) is 1.45. The van der Waals surface area contributed by atoms with Gasteiger partial charge in [-0.15, -0.1) is 0 Å². The average Bonchev–Trinajstić information content (AvgIpc) is 3.27. The van der Waals surface area contributed by atoms with Gasteiger partial charge in [-0.25, -0.2) is 8.42 Å². The summed E-state index contributed by atoms with van der Waals surface area (Å²) in [5.74, 6) is 0.883. The summed E-state index contributed by atoms with van der Waals surface area (Å²) < 4.78 is 38.5. The van der Waals surface area contributed by atoms with Crippen molar-refractivity contribution in [3.8, 4) is 11.5 Å². The van der Waals surface area contributed by atoms with Crippen LogP contribution in [0.15, 0.2) is 65.6 Å². The molecule has 7 nitrogen and oxygen atoms in total. The molecule has 1 N–H and O–H groups in total. The molecule has 32 heavy (non-hydrogen) atoms. The van der Waals surface area contributed by atoms with E-state index in [1.165, 1.54) is 4.31 Å². The van der Waals surface area contributed by atoms with Crippen LogP contribution in [-0.4, -0.2) is 27.7 Å². The lowest BCUT2D eigenvalue weighted by atomic mass is 10.0. The lowest BCUT2D eigenvalue weighted by Gasteiger charge is -2.31. The fraction of sp³-hybridized carbons (Fsp3) is 0.208. The highest BCUT2D eigenvalue weighted by Crippen LogP contribution is 2.35. The minimum atomic E-state index is -3.66. The molecule has 0 aromatic heterocycles. The van der Waals surface area contributed by atoms with Gasteiger partial charge in [0.25, 0.3) is 15.9 Å². The molecule has 0 atom stereocenters. The molecule has 2 heterocycles. The molecule has 0 bridgehead atoms. The molecule has 0 saturated heterocycles. The zero-order valence-corrected chi connectivity index (χ0v) is 18.3. The van der Waals surface area contributed by atoms with E-state index in [1.807, 2.05) is 13.0 Å². The quantitative estimate of drug-likeness (QED) is 0.646. The first kappa shape index (κ1) is 20.4. The highest BCUT2D eigenvalue weighted by atomic mass is 32.2. The van der Waals surface area contributed by atoms with Gasteiger partial charge < -0.3 is 14.8 Å². The van der Waals surface area contributed by atoms with E-state index in [0.717, 1.165) is 17.5 Å². The molecule has 3 aromatic carbocycles. The Hall–Kier alpha value is -3.52. The predicted octanol–water partition coefficient (Wildman–Crippen LogP) is 4.12. The first-order chi connectivity index (χ1) is 15.4. The van der Waals surface area contributed by atoms with Crippen LogP contribution in [-0.2, 0) is 16.4 Å². The van der Waals surface area contributed by atoms with E-state index in [1.54, 1.807) is 54.6 Å². The average molecular weight is 451 g/mol. The standard InChI is InChI=1S/C24H22N2O5S/c1-16-4-8-20(9-5-16)32(28,29)26-12-2-3-17-13-19(7-10-21(17)26)25-24(27)18-6-11-22-23(14-18)31-15-30-22/h4-11,13-14H,2-3,12,15H2,1H3,(H,25,27). The van der Waals surface area contributed by atoms with Crippen molar-refractivity contribution in [2.45, 2.75) is 24.7 Å². The van der Waals surface area contributed by atoms with Crippen LogP contribution in [0.4, 0.5) is 11.4 Å². The van der Waals surface area contributed by atoms with Crippen LogP contribution in [0, 0.1) is 6.92 Å². The van der Waals surface area contributed by atoms with Gasteiger partial charge in [0.05, 0.1) is 10.6 Å². The summed E-state index contributed by atoms with van der Waals surface area (Å²) in [5, 5.41) is 2.89. The Bertz CT molecular complexity index is 1300. The van der Waals surface area contributed by atoms with E-state index >= 15 is 0 Å². The van der Waals surface area contributed by atoms with Crippen LogP contribution in [0.5, 0.6) is 11.5 Å². The Morgan fingerprint density at radius 1 is 0.969 bits per heavy atom. The summed E-state index contributed by atoms with van der Waals surface area (Å²) in [4.78, 5) is 13.0. The number of anilines is 2. The fourth-order valence-electron chi connectivity index (χ4n) is 3.97. The van der Waals surface area contributed by atoms with Crippen molar-refractivity contribution in [3.05, 3.63) is 77.4 Å². The minimum absolute atomic E-state index is 0.146. The molecule has 2 aliphatic rings. The maximum atomic E-state index is 13.2. The first-order valence-corrected chi connectivity index (χ1v) is 11.8. The Balaban J connectivity index is 1.39. The van der Waals surface area contributed by atoms with Crippen LogP contribution in [0.1, 0.15) is 27.9 Å². The lowest BCUT2D eigenvalue weighted by molar-refractivity contribution is 0.102. The fourth-order valence-corrected chi connectivity index (χ4v) is 5.51. The number of nitrogens with zero attached hydrogens (tertiary/aromatic N) is 1. The molecule has 1 amide bonds. The minimum Gasteiger partial charge on any atom is -0.454 e. The van der Waals surface area contributed by atoms with Crippen molar-refractivity contribution in [1.29, 1.82) is 0 Å². The Morgan fingerprint density at radius 3 is 2.56 bits per heavy atom. The number of carbonyl (C=O) groups is 1. The second kappa shape index (κ2) is 7.87. The molecule has 164 valence electrons. The van der Waals surface area contributed by atoms with E-state index in [-0.39, 0.29) is 17.6 Å². The van der Waals surface area contributed by atoms with Crippen molar-refractivity contribution in [3.63, 3.8) is 0 Å². The maximum absolute atomic E-state index is 13.2. The second-order valence-corrected chi connectivity index (χ2v) is 9.72. The number of fused-ring (bicyclic) bond motifs is 2. The highest BCUT2D eigenvalue weighted by molar-refractivity contribution is 7.92. The molecule has 8 heteroatoms. The van der Waals surface area contributed by atoms with Gasteiger partial charge in [0, 0.05) is 17.8 Å². The molecular weight excluding hydrogens is 428 g/mol. The van der Waals surface area contributed by atoms with E-state index in [4.69, 9.17) is 9.47 Å². The number of ether oxygens (including phenoxy) is 2. The first-order valence-electron chi connectivity index (χ1n) is 10.4. The van der Waals surface area contributed by atoms with Gasteiger partial charge in [-0.05, 0) is 73.9 Å². The number of rotatable bonds is 4. The number of amides is 1. The maximum Gasteiger partial charge on any atom is 0.264 e. The van der Waals surface area contributed by atoms with E-state index < -0.39 is 10.0 Å². The van der Waals surface area contributed by atoms with Crippen LogP contribution in [0.2, 0.25) is 0 Å². The Labute approximate surface area is 186 Å². The molecule has 0 unspecified atom stereocenters. The second-order valence-electron chi connectivity index (χ2n) is 7.86. The molecule has 0 radical (unpaired) electrons. The van der Waals surface area contributed by atoms with E-state index in [2.05, 4.69) is 5.32 Å². The molecule has 2 aliphatic heterocycles. The summed E-state index contributed by atoms with van der Waals surface area (Å²) in [6.45, 7) is 2.49. The van der Waals surface area contributed by atoms with Crippen LogP contribution < -0.4 is 19.1 Å². The predicted molar refractivity (Wildman–Crippen MR) is 121 cm³/mol. The normalized spacial score (nSPS) is 14.7.